The highest BCUT2D eigenvalue weighted by atomic mass is 32.2. The molecule has 270 valence electrons. The van der Waals surface area contributed by atoms with Gasteiger partial charge in [-0.05, 0) is 55.0 Å². The summed E-state index contributed by atoms with van der Waals surface area (Å²) < 4.78 is 34.7. The summed E-state index contributed by atoms with van der Waals surface area (Å²) in [7, 11) is -3.81. The molecule has 2 amide bonds. The SMILES string of the molecule is CCCCC1(CCCC)CN(c2ccccc2)c2cc(SC)c(OCC(=O)NC(C(=O)NCCC(=O)O)c3ccc(O)cc3)cc2S(=O)(=O)C1. The highest BCUT2D eigenvalue weighted by Crippen LogP contribution is 2.47. The number of nitrogens with one attached hydrogen (secondary N) is 2. The Kier molecular flexibility index (Phi) is 13.6. The molecule has 1 unspecified atom stereocenters. The number of phenols is 1. The molecular weight excluding hydrogens is 679 g/mol. The fourth-order valence-corrected chi connectivity index (χ4v) is 8.95. The fourth-order valence-electron chi connectivity index (χ4n) is 6.29. The number of amides is 2. The number of thioether (sulfide) groups is 1. The van der Waals surface area contributed by atoms with Gasteiger partial charge in [0.15, 0.2) is 16.4 Å². The Labute approximate surface area is 298 Å². The largest absolute Gasteiger partial charge is 0.508 e. The van der Waals surface area contributed by atoms with E-state index in [2.05, 4.69) is 29.4 Å². The van der Waals surface area contributed by atoms with Crippen molar-refractivity contribution < 1.29 is 37.8 Å². The number of aromatic hydroxyl groups is 1. The lowest BCUT2D eigenvalue weighted by molar-refractivity contribution is -0.137. The average molecular weight is 726 g/mol. The van der Waals surface area contributed by atoms with Crippen LogP contribution in [0, 0.1) is 5.41 Å². The first-order chi connectivity index (χ1) is 23.9. The van der Waals surface area contributed by atoms with Gasteiger partial charge < -0.3 is 30.5 Å². The maximum Gasteiger partial charge on any atom is 0.305 e. The third-order valence-electron chi connectivity index (χ3n) is 8.84. The molecule has 0 bridgehead atoms. The second-order valence-corrected chi connectivity index (χ2v) is 15.5. The molecule has 1 aliphatic rings. The number of anilines is 2. The fraction of sp³-hybridized carbons (Fsp3) is 0.432. The summed E-state index contributed by atoms with van der Waals surface area (Å²) in [5.41, 5.74) is 1.36. The topological polar surface area (TPSA) is 162 Å². The number of nitrogens with zero attached hydrogens (tertiary/aromatic N) is 1. The number of hydrogen-bond acceptors (Lipinski definition) is 9. The lowest BCUT2D eigenvalue weighted by Gasteiger charge is -2.37. The molecule has 0 fully saturated rings. The molecule has 0 aliphatic carbocycles. The molecule has 0 saturated carbocycles. The highest BCUT2D eigenvalue weighted by Gasteiger charge is 2.42. The number of carboxylic acids is 1. The van der Waals surface area contributed by atoms with E-state index in [1.807, 2.05) is 42.7 Å². The zero-order valence-corrected chi connectivity index (χ0v) is 30.4. The van der Waals surface area contributed by atoms with Crippen LogP contribution < -0.4 is 20.3 Å². The molecule has 11 nitrogen and oxygen atoms in total. The monoisotopic (exact) mass is 725 g/mol. The number of rotatable bonds is 17. The van der Waals surface area contributed by atoms with Crippen LogP contribution in [0.4, 0.5) is 11.4 Å². The van der Waals surface area contributed by atoms with E-state index in [0.717, 1.165) is 44.2 Å². The number of ether oxygens (including phenoxy) is 1. The predicted molar refractivity (Wildman–Crippen MR) is 195 cm³/mol. The van der Waals surface area contributed by atoms with Crippen molar-refractivity contribution in [2.24, 2.45) is 5.41 Å². The average Bonchev–Trinajstić information content (AvgIpc) is 3.19. The molecule has 3 aromatic carbocycles. The van der Waals surface area contributed by atoms with Gasteiger partial charge >= 0.3 is 5.97 Å². The zero-order valence-electron chi connectivity index (χ0n) is 28.8. The lowest BCUT2D eigenvalue weighted by atomic mass is 9.79. The lowest BCUT2D eigenvalue weighted by Crippen LogP contribution is -2.42. The van der Waals surface area contributed by atoms with Crippen molar-refractivity contribution in [3.05, 3.63) is 72.3 Å². The standard InChI is InChI=1S/C37H47N3O8S2/c1-4-6-18-37(19-7-5-2)24-40(27-11-9-8-10-12-27)29-21-31(49-3)30(22-32(29)50(46,47)25-37)48-23-33(42)39-35(26-13-15-28(41)16-14-26)36(45)38-20-17-34(43)44/h8-16,21-22,35,41H,4-7,17-20,23-25H2,1-3H3,(H,38,45)(H,39,42)(H,43,44). The predicted octanol–water partition coefficient (Wildman–Crippen LogP) is 6.23. The quantitative estimate of drug-likeness (QED) is 0.117. The van der Waals surface area contributed by atoms with Crippen molar-refractivity contribution in [3.8, 4) is 11.5 Å². The van der Waals surface area contributed by atoms with Crippen molar-refractivity contribution in [2.45, 2.75) is 74.6 Å². The minimum Gasteiger partial charge on any atom is -0.508 e. The number of sulfone groups is 1. The Balaban J connectivity index is 1.66. The van der Waals surface area contributed by atoms with E-state index < -0.39 is 45.7 Å². The summed E-state index contributed by atoms with van der Waals surface area (Å²) in [6.07, 6.45) is 6.86. The summed E-state index contributed by atoms with van der Waals surface area (Å²) in [6.45, 7) is 4.11. The van der Waals surface area contributed by atoms with Crippen molar-refractivity contribution in [1.82, 2.24) is 10.6 Å². The van der Waals surface area contributed by atoms with Gasteiger partial charge in [0.05, 0.1) is 27.7 Å². The Bertz CT molecular complexity index is 1730. The molecule has 0 spiro atoms. The first kappa shape index (κ1) is 38.6. The van der Waals surface area contributed by atoms with Gasteiger partial charge in [0.1, 0.15) is 17.5 Å². The molecule has 4 N–H and O–H groups in total. The van der Waals surface area contributed by atoms with E-state index in [4.69, 9.17) is 9.84 Å². The Morgan fingerprint density at radius 3 is 2.26 bits per heavy atom. The van der Waals surface area contributed by atoms with Crippen molar-refractivity contribution >= 4 is 50.8 Å². The number of hydrogen-bond donors (Lipinski definition) is 4. The van der Waals surface area contributed by atoms with E-state index in [1.165, 1.54) is 42.1 Å². The minimum atomic E-state index is -3.81. The Hall–Kier alpha value is -4.23. The van der Waals surface area contributed by atoms with Crippen molar-refractivity contribution in [2.75, 3.05) is 36.6 Å². The van der Waals surface area contributed by atoms with Crippen LogP contribution in [-0.4, -0.2) is 68.1 Å². The number of fused-ring (bicyclic) bond motifs is 1. The van der Waals surface area contributed by atoms with Crippen LogP contribution in [0.1, 0.15) is 70.4 Å². The highest BCUT2D eigenvalue weighted by molar-refractivity contribution is 7.98. The van der Waals surface area contributed by atoms with Crippen LogP contribution in [0.2, 0.25) is 0 Å². The molecule has 1 atom stereocenters. The summed E-state index contributed by atoms with van der Waals surface area (Å²) in [5.74, 6) is -2.19. The maximum absolute atomic E-state index is 14.4. The third kappa shape index (κ3) is 9.94. The van der Waals surface area contributed by atoms with Gasteiger partial charge in [-0.1, -0.05) is 69.9 Å². The van der Waals surface area contributed by atoms with Gasteiger partial charge in [-0.3, -0.25) is 14.4 Å². The van der Waals surface area contributed by atoms with Crippen LogP contribution in [-0.2, 0) is 24.2 Å². The van der Waals surface area contributed by atoms with Crippen LogP contribution in [0.5, 0.6) is 11.5 Å². The van der Waals surface area contributed by atoms with Crippen molar-refractivity contribution in [1.29, 1.82) is 0 Å². The number of benzene rings is 3. The molecule has 0 radical (unpaired) electrons. The Morgan fingerprint density at radius 1 is 1.00 bits per heavy atom. The van der Waals surface area contributed by atoms with Gasteiger partial charge in [0.2, 0.25) is 5.91 Å². The number of carbonyl (C=O) groups is 3. The minimum absolute atomic E-state index is 0.000173. The molecule has 0 aromatic heterocycles. The van der Waals surface area contributed by atoms with Gasteiger partial charge in [-0.2, -0.15) is 0 Å². The molecule has 3 aromatic rings. The first-order valence-corrected chi connectivity index (χ1v) is 19.8. The summed E-state index contributed by atoms with van der Waals surface area (Å²) in [6, 6.07) is 17.6. The Morgan fingerprint density at radius 2 is 1.66 bits per heavy atom. The zero-order chi connectivity index (χ0) is 36.3. The van der Waals surface area contributed by atoms with E-state index in [0.29, 0.717) is 22.7 Å². The number of phenolic OH excluding ortho intramolecular Hbond substituents is 1. The van der Waals surface area contributed by atoms with Gasteiger partial charge in [-0.15, -0.1) is 11.8 Å². The third-order valence-corrected chi connectivity index (χ3v) is 11.6. The molecule has 50 heavy (non-hydrogen) atoms. The number of aliphatic carboxylic acids is 1. The molecule has 13 heteroatoms. The van der Waals surface area contributed by atoms with Crippen LogP contribution in [0.25, 0.3) is 0 Å². The molecule has 0 saturated heterocycles. The van der Waals surface area contributed by atoms with Crippen LogP contribution >= 0.6 is 11.8 Å². The van der Waals surface area contributed by atoms with Crippen LogP contribution in [0.15, 0.2) is 76.5 Å². The first-order valence-electron chi connectivity index (χ1n) is 16.9. The normalized spacial score (nSPS) is 15.3. The van der Waals surface area contributed by atoms with Gasteiger partial charge in [0, 0.05) is 30.3 Å². The number of unbranched alkanes of at least 4 members (excludes halogenated alkanes) is 2. The van der Waals surface area contributed by atoms with E-state index >= 15 is 0 Å². The maximum atomic E-state index is 14.4. The molecule has 4 rings (SSSR count). The summed E-state index contributed by atoms with van der Waals surface area (Å²) >= 11 is 1.37. The number of carboxylic acid groups (broad SMARTS) is 1. The second kappa shape index (κ2) is 17.6. The molecular formula is C37H47N3O8S2. The summed E-state index contributed by atoms with van der Waals surface area (Å²) in [5, 5.41) is 23.8. The van der Waals surface area contributed by atoms with E-state index in [1.54, 1.807) is 0 Å². The van der Waals surface area contributed by atoms with Crippen molar-refractivity contribution in [3.63, 3.8) is 0 Å². The smallest absolute Gasteiger partial charge is 0.305 e. The van der Waals surface area contributed by atoms with E-state index in [9.17, 15) is 27.9 Å². The second-order valence-electron chi connectivity index (χ2n) is 12.7. The van der Waals surface area contributed by atoms with Gasteiger partial charge in [-0.25, -0.2) is 8.42 Å². The molecule has 1 aliphatic heterocycles. The number of para-hydroxylation sites is 1. The van der Waals surface area contributed by atoms with Gasteiger partial charge in [0.25, 0.3) is 5.91 Å². The molecule has 1 heterocycles. The van der Waals surface area contributed by atoms with Crippen LogP contribution in [0.3, 0.4) is 0 Å². The number of carbonyl (C=O) groups excluding carboxylic acids is 2. The summed E-state index contributed by atoms with van der Waals surface area (Å²) in [4.78, 5) is 40.1. The van der Waals surface area contributed by atoms with E-state index in [-0.39, 0.29) is 35.1 Å².